The first kappa shape index (κ1) is 16.7. The number of hydrogen-bond donors (Lipinski definition) is 3. The van der Waals surface area contributed by atoms with E-state index in [1.807, 2.05) is 54.7 Å². The number of benzene rings is 2. The molecule has 0 radical (unpaired) electrons. The Morgan fingerprint density at radius 1 is 1.04 bits per heavy atom. The molecule has 132 valence electrons. The number of hydrogen-bond acceptors (Lipinski definition) is 3. The van der Waals surface area contributed by atoms with Crippen LogP contribution in [0, 0.1) is 5.92 Å². The van der Waals surface area contributed by atoms with Gasteiger partial charge in [-0.3, -0.25) is 9.59 Å². The standard InChI is InChI=1S/C20H19N3O2S/c24-19(22-16-7-6-13-8-9-21-18(13)11-16)12-26-17-3-1-2-15(10-17)23-20(25)14-4-5-14/h1-3,6-11,14,21H,4-5,12H2,(H,22,24)(H,23,25). The molecule has 3 aromatic rings. The maximum atomic E-state index is 12.2. The Kier molecular flexibility index (Phi) is 4.67. The summed E-state index contributed by atoms with van der Waals surface area (Å²) in [5.74, 6) is 0.509. The van der Waals surface area contributed by atoms with Crippen molar-refractivity contribution in [3.05, 3.63) is 54.7 Å². The topological polar surface area (TPSA) is 74.0 Å². The van der Waals surface area contributed by atoms with E-state index in [0.717, 1.165) is 40.0 Å². The number of thioether (sulfide) groups is 1. The lowest BCUT2D eigenvalue weighted by atomic mass is 10.2. The Bertz CT molecular complexity index is 962. The van der Waals surface area contributed by atoms with Gasteiger partial charge in [0.2, 0.25) is 11.8 Å². The Hall–Kier alpha value is -2.73. The summed E-state index contributed by atoms with van der Waals surface area (Å²) in [7, 11) is 0. The van der Waals surface area contributed by atoms with Crippen molar-refractivity contribution in [1.29, 1.82) is 0 Å². The van der Waals surface area contributed by atoms with Crippen LogP contribution in [0.1, 0.15) is 12.8 Å². The van der Waals surface area contributed by atoms with Crippen LogP contribution in [0.3, 0.4) is 0 Å². The molecule has 1 heterocycles. The van der Waals surface area contributed by atoms with Crippen molar-refractivity contribution in [2.24, 2.45) is 5.92 Å². The van der Waals surface area contributed by atoms with Crippen molar-refractivity contribution in [3.8, 4) is 0 Å². The zero-order valence-electron chi connectivity index (χ0n) is 14.1. The lowest BCUT2D eigenvalue weighted by Crippen LogP contribution is -2.14. The van der Waals surface area contributed by atoms with Crippen molar-refractivity contribution < 1.29 is 9.59 Å². The Morgan fingerprint density at radius 2 is 1.88 bits per heavy atom. The Labute approximate surface area is 155 Å². The molecule has 0 aliphatic heterocycles. The minimum absolute atomic E-state index is 0.0617. The van der Waals surface area contributed by atoms with Crippen molar-refractivity contribution in [1.82, 2.24) is 4.98 Å². The predicted octanol–water partition coefficient (Wildman–Crippen LogP) is 4.25. The molecule has 1 fully saturated rings. The molecule has 0 spiro atoms. The van der Waals surface area contributed by atoms with E-state index in [9.17, 15) is 9.59 Å². The molecule has 26 heavy (non-hydrogen) atoms. The molecule has 0 bridgehead atoms. The Balaban J connectivity index is 1.32. The fraction of sp³-hybridized carbons (Fsp3) is 0.200. The third-order valence-corrected chi connectivity index (χ3v) is 5.25. The highest BCUT2D eigenvalue weighted by Gasteiger charge is 2.29. The number of carbonyl (C=O) groups excluding carboxylic acids is 2. The summed E-state index contributed by atoms with van der Waals surface area (Å²) in [6.45, 7) is 0. The van der Waals surface area contributed by atoms with Gasteiger partial charge in [-0.05, 0) is 54.6 Å². The van der Waals surface area contributed by atoms with Crippen LogP contribution in [0.5, 0.6) is 0 Å². The number of fused-ring (bicyclic) bond motifs is 1. The van der Waals surface area contributed by atoms with E-state index in [-0.39, 0.29) is 17.7 Å². The molecule has 1 saturated carbocycles. The van der Waals surface area contributed by atoms with E-state index < -0.39 is 0 Å². The van der Waals surface area contributed by atoms with Gasteiger partial charge in [-0.15, -0.1) is 11.8 Å². The van der Waals surface area contributed by atoms with Crippen LogP contribution < -0.4 is 10.6 Å². The number of H-pyrrole nitrogens is 1. The predicted molar refractivity (Wildman–Crippen MR) is 105 cm³/mol. The zero-order chi connectivity index (χ0) is 17.9. The van der Waals surface area contributed by atoms with Crippen LogP contribution in [-0.2, 0) is 9.59 Å². The molecule has 1 aliphatic carbocycles. The molecule has 5 nitrogen and oxygen atoms in total. The van der Waals surface area contributed by atoms with Crippen LogP contribution >= 0.6 is 11.8 Å². The first-order valence-corrected chi connectivity index (χ1v) is 9.57. The molecule has 3 N–H and O–H groups in total. The smallest absolute Gasteiger partial charge is 0.234 e. The van der Waals surface area contributed by atoms with Crippen LogP contribution in [0.25, 0.3) is 10.9 Å². The third-order valence-electron chi connectivity index (χ3n) is 4.26. The van der Waals surface area contributed by atoms with E-state index >= 15 is 0 Å². The third kappa shape index (κ3) is 4.08. The summed E-state index contributed by atoms with van der Waals surface area (Å²) in [6.07, 6.45) is 3.84. The van der Waals surface area contributed by atoms with Gasteiger partial charge >= 0.3 is 0 Å². The summed E-state index contributed by atoms with van der Waals surface area (Å²) in [6, 6.07) is 15.4. The van der Waals surface area contributed by atoms with Gasteiger partial charge in [-0.1, -0.05) is 12.1 Å². The lowest BCUT2D eigenvalue weighted by Gasteiger charge is -2.08. The second-order valence-corrected chi connectivity index (χ2v) is 7.46. The summed E-state index contributed by atoms with van der Waals surface area (Å²) in [4.78, 5) is 28.1. The van der Waals surface area contributed by atoms with Crippen LogP contribution in [0.15, 0.2) is 59.6 Å². The van der Waals surface area contributed by atoms with Gasteiger partial charge in [0.05, 0.1) is 5.75 Å². The van der Waals surface area contributed by atoms with Gasteiger partial charge in [0.25, 0.3) is 0 Å². The molecule has 1 aromatic heterocycles. The number of aromatic nitrogens is 1. The van der Waals surface area contributed by atoms with E-state index in [1.54, 1.807) is 0 Å². The van der Waals surface area contributed by atoms with Crippen molar-refractivity contribution in [2.45, 2.75) is 17.7 Å². The fourth-order valence-corrected chi connectivity index (χ4v) is 3.48. The average molecular weight is 365 g/mol. The number of anilines is 2. The normalized spacial score (nSPS) is 13.5. The minimum atomic E-state index is -0.0617. The van der Waals surface area contributed by atoms with Crippen molar-refractivity contribution >= 4 is 45.9 Å². The summed E-state index contributed by atoms with van der Waals surface area (Å²) < 4.78 is 0. The highest BCUT2D eigenvalue weighted by molar-refractivity contribution is 8.00. The molecule has 0 unspecified atom stereocenters. The first-order valence-electron chi connectivity index (χ1n) is 8.58. The number of nitrogens with one attached hydrogen (secondary N) is 3. The average Bonchev–Trinajstić information content (AvgIpc) is 3.39. The number of amides is 2. The zero-order valence-corrected chi connectivity index (χ0v) is 14.9. The van der Waals surface area contributed by atoms with Gasteiger partial charge in [0.1, 0.15) is 0 Å². The second kappa shape index (κ2) is 7.25. The highest BCUT2D eigenvalue weighted by atomic mass is 32.2. The first-order chi connectivity index (χ1) is 12.7. The van der Waals surface area contributed by atoms with Crippen molar-refractivity contribution in [2.75, 3.05) is 16.4 Å². The van der Waals surface area contributed by atoms with Gasteiger partial charge in [0, 0.05) is 33.9 Å². The monoisotopic (exact) mass is 365 g/mol. The van der Waals surface area contributed by atoms with Crippen LogP contribution in [-0.4, -0.2) is 22.6 Å². The second-order valence-electron chi connectivity index (χ2n) is 6.41. The summed E-state index contributed by atoms with van der Waals surface area (Å²) in [5.41, 5.74) is 2.55. The van der Waals surface area contributed by atoms with Gasteiger partial charge in [0.15, 0.2) is 0 Å². The van der Waals surface area contributed by atoms with Crippen LogP contribution in [0.4, 0.5) is 11.4 Å². The quantitative estimate of drug-likeness (QED) is 0.572. The molecule has 0 saturated heterocycles. The number of carbonyl (C=O) groups is 2. The van der Waals surface area contributed by atoms with E-state index in [2.05, 4.69) is 15.6 Å². The van der Waals surface area contributed by atoms with Gasteiger partial charge in [-0.2, -0.15) is 0 Å². The molecule has 1 aliphatic rings. The Morgan fingerprint density at radius 3 is 2.73 bits per heavy atom. The molecule has 2 amide bonds. The molecule has 6 heteroatoms. The number of aromatic amines is 1. The SMILES string of the molecule is O=C(CSc1cccc(NC(=O)C2CC2)c1)Nc1ccc2cc[nH]c2c1. The van der Waals surface area contributed by atoms with E-state index in [1.165, 1.54) is 11.8 Å². The molecule has 2 aromatic carbocycles. The maximum absolute atomic E-state index is 12.2. The molecular weight excluding hydrogens is 346 g/mol. The lowest BCUT2D eigenvalue weighted by molar-refractivity contribution is -0.117. The molecule has 0 atom stereocenters. The van der Waals surface area contributed by atoms with Gasteiger partial charge < -0.3 is 15.6 Å². The van der Waals surface area contributed by atoms with Gasteiger partial charge in [-0.25, -0.2) is 0 Å². The molecular formula is C20H19N3O2S. The molecule has 4 rings (SSSR count). The van der Waals surface area contributed by atoms with Crippen LogP contribution in [0.2, 0.25) is 0 Å². The maximum Gasteiger partial charge on any atom is 0.234 e. The van der Waals surface area contributed by atoms with E-state index in [4.69, 9.17) is 0 Å². The van der Waals surface area contributed by atoms with Crippen molar-refractivity contribution in [3.63, 3.8) is 0 Å². The van der Waals surface area contributed by atoms with E-state index in [0.29, 0.717) is 5.75 Å². The fourth-order valence-electron chi connectivity index (χ4n) is 2.73. The number of rotatable bonds is 6. The minimum Gasteiger partial charge on any atom is -0.361 e. The summed E-state index contributed by atoms with van der Waals surface area (Å²) >= 11 is 1.45. The summed E-state index contributed by atoms with van der Waals surface area (Å²) in [5, 5.41) is 6.96. The largest absolute Gasteiger partial charge is 0.361 e. The highest BCUT2D eigenvalue weighted by Crippen LogP contribution is 2.30.